The van der Waals surface area contributed by atoms with E-state index in [2.05, 4.69) is 25.1 Å². The van der Waals surface area contributed by atoms with Crippen molar-refractivity contribution >= 4 is 28.6 Å². The van der Waals surface area contributed by atoms with Crippen LogP contribution >= 0.6 is 11.8 Å². The van der Waals surface area contributed by atoms with E-state index in [1.165, 1.54) is 29.3 Å². The maximum Gasteiger partial charge on any atom is 0.123 e. The fourth-order valence-electron chi connectivity index (χ4n) is 3.92. The van der Waals surface area contributed by atoms with Gasteiger partial charge in [0.05, 0.1) is 17.2 Å². The first-order valence-electron chi connectivity index (χ1n) is 9.19. The molecular weight excluding hydrogens is 385 g/mol. The summed E-state index contributed by atoms with van der Waals surface area (Å²) in [5.74, 6) is -1.35. The summed E-state index contributed by atoms with van der Waals surface area (Å²) in [6, 6.07) is 18.4. The SMILES string of the molecule is Cc1ccccc1-c1ccc2c(c1)SCc1c-2nc2ccc(F)cc2c1C(=O)[O-]. The van der Waals surface area contributed by atoms with E-state index < -0.39 is 11.8 Å². The summed E-state index contributed by atoms with van der Waals surface area (Å²) in [6.07, 6.45) is 0. The largest absolute Gasteiger partial charge is 0.545 e. The first-order valence-corrected chi connectivity index (χ1v) is 10.2. The highest BCUT2D eigenvalue weighted by Gasteiger charge is 2.24. The van der Waals surface area contributed by atoms with E-state index in [9.17, 15) is 14.3 Å². The first-order chi connectivity index (χ1) is 14.0. The summed E-state index contributed by atoms with van der Waals surface area (Å²) < 4.78 is 13.7. The van der Waals surface area contributed by atoms with Crippen molar-refractivity contribution in [3.63, 3.8) is 0 Å². The van der Waals surface area contributed by atoms with Gasteiger partial charge >= 0.3 is 0 Å². The number of hydrogen-bond acceptors (Lipinski definition) is 4. The highest BCUT2D eigenvalue weighted by molar-refractivity contribution is 7.98. The van der Waals surface area contributed by atoms with Gasteiger partial charge in [0, 0.05) is 27.2 Å². The molecule has 29 heavy (non-hydrogen) atoms. The summed E-state index contributed by atoms with van der Waals surface area (Å²) in [7, 11) is 0. The highest BCUT2D eigenvalue weighted by atomic mass is 32.2. The molecule has 0 atom stereocenters. The molecule has 0 fully saturated rings. The quantitative estimate of drug-likeness (QED) is 0.476. The molecular formula is C24H15FNO2S-. The van der Waals surface area contributed by atoms with Crippen molar-refractivity contribution in [2.75, 3.05) is 0 Å². The topological polar surface area (TPSA) is 53.0 Å². The molecule has 142 valence electrons. The Morgan fingerprint density at radius 2 is 1.90 bits per heavy atom. The number of nitrogens with zero attached hydrogens (tertiary/aromatic N) is 1. The van der Waals surface area contributed by atoms with Crippen LogP contribution < -0.4 is 5.11 Å². The first kappa shape index (κ1) is 17.9. The molecule has 1 aliphatic heterocycles. The number of hydrogen-bond donors (Lipinski definition) is 0. The van der Waals surface area contributed by atoms with Gasteiger partial charge < -0.3 is 9.90 Å². The van der Waals surface area contributed by atoms with Gasteiger partial charge in [0.2, 0.25) is 0 Å². The van der Waals surface area contributed by atoms with Crippen LogP contribution in [-0.2, 0) is 5.75 Å². The Morgan fingerprint density at radius 1 is 1.07 bits per heavy atom. The number of pyridine rings is 1. The molecule has 4 aromatic rings. The predicted molar refractivity (Wildman–Crippen MR) is 111 cm³/mol. The number of carbonyl (C=O) groups excluding carboxylic acids is 1. The van der Waals surface area contributed by atoms with Crippen LogP contribution in [-0.4, -0.2) is 11.0 Å². The van der Waals surface area contributed by atoms with Crippen LogP contribution in [0, 0.1) is 12.7 Å². The van der Waals surface area contributed by atoms with E-state index >= 15 is 0 Å². The Labute approximate surface area is 171 Å². The predicted octanol–water partition coefficient (Wildman–Crippen LogP) is 4.99. The van der Waals surface area contributed by atoms with Crippen LogP contribution in [0.3, 0.4) is 0 Å². The number of rotatable bonds is 2. The van der Waals surface area contributed by atoms with E-state index in [1.54, 1.807) is 11.8 Å². The molecule has 0 aliphatic carbocycles. The zero-order valence-electron chi connectivity index (χ0n) is 15.5. The number of aromatic carboxylic acids is 1. The smallest absolute Gasteiger partial charge is 0.123 e. The van der Waals surface area contributed by atoms with E-state index in [0.717, 1.165) is 16.0 Å². The van der Waals surface area contributed by atoms with E-state index in [4.69, 9.17) is 4.98 Å². The van der Waals surface area contributed by atoms with Gasteiger partial charge in [0.15, 0.2) is 0 Å². The Bertz CT molecular complexity index is 1320. The Morgan fingerprint density at radius 3 is 2.69 bits per heavy atom. The van der Waals surface area contributed by atoms with Crippen molar-refractivity contribution in [3.05, 3.63) is 83.2 Å². The average molecular weight is 400 g/mol. The number of aromatic nitrogens is 1. The summed E-state index contributed by atoms with van der Waals surface area (Å²) in [5.41, 5.74) is 6.06. The number of carbonyl (C=O) groups is 1. The third-order valence-electron chi connectivity index (χ3n) is 5.32. The molecule has 3 nitrogen and oxygen atoms in total. The minimum absolute atomic E-state index is 0.0330. The molecule has 0 N–H and O–H groups in total. The van der Waals surface area contributed by atoms with Gasteiger partial charge in [0.1, 0.15) is 5.82 Å². The van der Waals surface area contributed by atoms with Crippen LogP contribution in [0.25, 0.3) is 33.3 Å². The van der Waals surface area contributed by atoms with Crippen LogP contribution in [0.15, 0.2) is 65.6 Å². The van der Waals surface area contributed by atoms with Crippen LogP contribution in [0.1, 0.15) is 21.5 Å². The van der Waals surface area contributed by atoms with Crippen molar-refractivity contribution in [1.29, 1.82) is 0 Å². The third-order valence-corrected chi connectivity index (χ3v) is 6.40. The average Bonchev–Trinajstić information content (AvgIpc) is 2.71. The molecule has 0 unspecified atom stereocenters. The van der Waals surface area contributed by atoms with Gasteiger partial charge in [-0.1, -0.05) is 36.4 Å². The normalized spacial score (nSPS) is 12.5. The van der Waals surface area contributed by atoms with Gasteiger partial charge in [-0.2, -0.15) is 0 Å². The fourth-order valence-corrected chi connectivity index (χ4v) is 5.03. The van der Waals surface area contributed by atoms with Gasteiger partial charge in [-0.15, -0.1) is 11.8 Å². The zero-order chi connectivity index (χ0) is 20.1. The summed E-state index contributed by atoms with van der Waals surface area (Å²) >= 11 is 1.57. The van der Waals surface area contributed by atoms with Crippen molar-refractivity contribution < 1.29 is 14.3 Å². The third kappa shape index (κ3) is 2.89. The lowest BCUT2D eigenvalue weighted by molar-refractivity contribution is -0.254. The number of aryl methyl sites for hydroxylation is 1. The van der Waals surface area contributed by atoms with Gasteiger partial charge in [-0.3, -0.25) is 0 Å². The molecule has 0 amide bonds. The standard InChI is InChI=1S/C24H16FNO2S/c1-13-4-2-3-5-16(13)14-6-8-17-21(10-14)29-12-19-22(24(27)28)18-11-15(25)7-9-20(18)26-23(17)19/h2-11H,12H2,1H3,(H,27,28)/p-1. The van der Waals surface area contributed by atoms with Crippen molar-refractivity contribution in [2.45, 2.75) is 17.6 Å². The van der Waals surface area contributed by atoms with Crippen LogP contribution in [0.5, 0.6) is 0 Å². The zero-order valence-corrected chi connectivity index (χ0v) is 16.3. The molecule has 0 saturated heterocycles. The van der Waals surface area contributed by atoms with Crippen LogP contribution in [0.2, 0.25) is 0 Å². The molecule has 0 saturated carbocycles. The second-order valence-corrected chi connectivity index (χ2v) is 8.09. The molecule has 5 heteroatoms. The Balaban J connectivity index is 1.74. The molecule has 1 aromatic heterocycles. The minimum Gasteiger partial charge on any atom is -0.545 e. The second-order valence-electron chi connectivity index (χ2n) is 7.08. The lowest BCUT2D eigenvalue weighted by Gasteiger charge is -2.24. The van der Waals surface area contributed by atoms with E-state index in [1.807, 2.05) is 24.3 Å². The van der Waals surface area contributed by atoms with Gasteiger partial charge in [-0.05, 0) is 53.4 Å². The Kier molecular flexibility index (Phi) is 4.14. The minimum atomic E-state index is -1.31. The van der Waals surface area contributed by atoms with Gasteiger partial charge in [-0.25, -0.2) is 9.37 Å². The van der Waals surface area contributed by atoms with Crippen LogP contribution in [0.4, 0.5) is 4.39 Å². The molecule has 1 aliphatic rings. The maximum atomic E-state index is 13.7. The number of carboxylic acids is 1. The molecule has 0 spiro atoms. The van der Waals surface area contributed by atoms with Gasteiger partial charge in [0.25, 0.3) is 0 Å². The van der Waals surface area contributed by atoms with Crippen molar-refractivity contribution in [3.8, 4) is 22.4 Å². The molecule has 5 rings (SSSR count). The molecule has 2 heterocycles. The lowest BCUT2D eigenvalue weighted by Crippen LogP contribution is -2.25. The number of benzene rings is 3. The van der Waals surface area contributed by atoms with Crippen molar-refractivity contribution in [1.82, 2.24) is 4.98 Å². The fraction of sp³-hybridized carbons (Fsp3) is 0.0833. The highest BCUT2D eigenvalue weighted by Crippen LogP contribution is 2.45. The van der Waals surface area contributed by atoms with E-state index in [0.29, 0.717) is 22.5 Å². The molecule has 3 aromatic carbocycles. The number of fused-ring (bicyclic) bond motifs is 4. The number of halogens is 1. The lowest BCUT2D eigenvalue weighted by atomic mass is 9.95. The molecule has 0 radical (unpaired) electrons. The van der Waals surface area contributed by atoms with E-state index in [-0.39, 0.29) is 10.9 Å². The second kappa shape index (κ2) is 6.71. The number of thioether (sulfide) groups is 1. The number of carboxylic acid groups (broad SMARTS) is 1. The summed E-state index contributed by atoms with van der Waals surface area (Å²) in [4.78, 5) is 17.7. The molecule has 0 bridgehead atoms. The monoisotopic (exact) mass is 400 g/mol. The maximum absolute atomic E-state index is 13.7. The summed E-state index contributed by atoms with van der Waals surface area (Å²) in [6.45, 7) is 2.08. The van der Waals surface area contributed by atoms with Crippen molar-refractivity contribution in [2.24, 2.45) is 0 Å². The Hall–Kier alpha value is -3.18. The summed E-state index contributed by atoms with van der Waals surface area (Å²) in [5, 5.41) is 12.2.